The standard InChI is InChI=1S/C21H28FN5O/c22-19-5-3-4-18(12-19)20(26-8-10-28-11-9-26)16-23-13-17-14-24-21(25-15-17)27-6-1-2-7-27/h3-5,12,14-15,20,23H,1-2,6-11,13,16H2. The zero-order valence-electron chi connectivity index (χ0n) is 16.2. The van der Waals surface area contributed by atoms with Gasteiger partial charge in [0.2, 0.25) is 5.95 Å². The van der Waals surface area contributed by atoms with Crippen molar-refractivity contribution in [1.82, 2.24) is 20.2 Å². The topological polar surface area (TPSA) is 53.5 Å². The quantitative estimate of drug-likeness (QED) is 0.790. The smallest absolute Gasteiger partial charge is 0.225 e. The van der Waals surface area contributed by atoms with Crippen LogP contribution in [0.1, 0.15) is 30.0 Å². The van der Waals surface area contributed by atoms with Crippen molar-refractivity contribution >= 4 is 5.95 Å². The van der Waals surface area contributed by atoms with E-state index in [0.29, 0.717) is 6.54 Å². The molecule has 0 saturated carbocycles. The number of aromatic nitrogens is 2. The highest BCUT2D eigenvalue weighted by Gasteiger charge is 2.22. The van der Waals surface area contributed by atoms with E-state index < -0.39 is 0 Å². The molecule has 150 valence electrons. The van der Waals surface area contributed by atoms with Crippen LogP contribution in [0.2, 0.25) is 0 Å². The van der Waals surface area contributed by atoms with Gasteiger partial charge < -0.3 is 15.0 Å². The summed E-state index contributed by atoms with van der Waals surface area (Å²) in [6.07, 6.45) is 6.24. The predicted molar refractivity (Wildman–Crippen MR) is 107 cm³/mol. The lowest BCUT2D eigenvalue weighted by molar-refractivity contribution is 0.0160. The summed E-state index contributed by atoms with van der Waals surface area (Å²) >= 11 is 0. The molecule has 28 heavy (non-hydrogen) atoms. The van der Waals surface area contributed by atoms with Crippen LogP contribution in [0, 0.1) is 5.82 Å². The number of rotatable bonds is 7. The van der Waals surface area contributed by atoms with Crippen LogP contribution in [-0.2, 0) is 11.3 Å². The molecule has 6 nitrogen and oxygen atoms in total. The number of hydrogen-bond acceptors (Lipinski definition) is 6. The van der Waals surface area contributed by atoms with Crippen LogP contribution in [0.15, 0.2) is 36.7 Å². The minimum absolute atomic E-state index is 0.115. The summed E-state index contributed by atoms with van der Waals surface area (Å²) in [6.45, 7) is 6.68. The minimum Gasteiger partial charge on any atom is -0.379 e. The third-order valence-electron chi connectivity index (χ3n) is 5.47. The molecule has 0 bridgehead atoms. The Balaban J connectivity index is 1.37. The molecule has 2 fully saturated rings. The van der Waals surface area contributed by atoms with Gasteiger partial charge in [-0.3, -0.25) is 4.90 Å². The molecule has 1 aromatic heterocycles. The second-order valence-electron chi connectivity index (χ2n) is 7.44. The second kappa shape index (κ2) is 9.41. The first-order valence-electron chi connectivity index (χ1n) is 10.1. The number of hydrogen-bond donors (Lipinski definition) is 1. The lowest BCUT2D eigenvalue weighted by Gasteiger charge is -2.35. The summed E-state index contributed by atoms with van der Waals surface area (Å²) in [6, 6.07) is 7.02. The molecular formula is C21H28FN5O. The van der Waals surface area contributed by atoms with E-state index in [4.69, 9.17) is 4.74 Å². The zero-order valence-corrected chi connectivity index (χ0v) is 16.2. The highest BCUT2D eigenvalue weighted by molar-refractivity contribution is 5.31. The van der Waals surface area contributed by atoms with E-state index in [0.717, 1.165) is 63.0 Å². The Morgan fingerprint density at radius 1 is 1.07 bits per heavy atom. The number of benzene rings is 1. The van der Waals surface area contributed by atoms with Crippen molar-refractivity contribution in [1.29, 1.82) is 0 Å². The third-order valence-corrected chi connectivity index (χ3v) is 5.47. The summed E-state index contributed by atoms with van der Waals surface area (Å²) in [4.78, 5) is 13.6. The van der Waals surface area contributed by atoms with Gasteiger partial charge in [-0.2, -0.15) is 0 Å². The van der Waals surface area contributed by atoms with Gasteiger partial charge in [-0.05, 0) is 30.5 Å². The second-order valence-corrected chi connectivity index (χ2v) is 7.44. The molecule has 1 atom stereocenters. The van der Waals surface area contributed by atoms with E-state index in [1.54, 1.807) is 12.1 Å². The molecule has 0 amide bonds. The first-order valence-corrected chi connectivity index (χ1v) is 10.1. The van der Waals surface area contributed by atoms with E-state index in [-0.39, 0.29) is 11.9 Å². The Kier molecular flexibility index (Phi) is 6.46. The van der Waals surface area contributed by atoms with Gasteiger partial charge in [0, 0.05) is 63.3 Å². The summed E-state index contributed by atoms with van der Waals surface area (Å²) < 4.78 is 19.2. The Morgan fingerprint density at radius 3 is 2.54 bits per heavy atom. The van der Waals surface area contributed by atoms with E-state index in [9.17, 15) is 4.39 Å². The largest absolute Gasteiger partial charge is 0.379 e. The Bertz CT molecular complexity index is 745. The lowest BCUT2D eigenvalue weighted by Crippen LogP contribution is -2.42. The normalized spacial score (nSPS) is 19.1. The zero-order chi connectivity index (χ0) is 19.2. The van der Waals surface area contributed by atoms with Crippen LogP contribution in [-0.4, -0.2) is 60.8 Å². The number of anilines is 1. The van der Waals surface area contributed by atoms with E-state index in [1.165, 1.54) is 18.9 Å². The van der Waals surface area contributed by atoms with Crippen molar-refractivity contribution in [2.24, 2.45) is 0 Å². The third kappa shape index (κ3) is 4.84. The molecule has 1 N–H and O–H groups in total. The van der Waals surface area contributed by atoms with Crippen molar-refractivity contribution in [3.63, 3.8) is 0 Å². The first kappa shape index (κ1) is 19.2. The molecule has 2 aliphatic rings. The van der Waals surface area contributed by atoms with Crippen molar-refractivity contribution in [3.8, 4) is 0 Å². The SMILES string of the molecule is Fc1cccc(C(CNCc2cnc(N3CCCC3)nc2)N2CCOCC2)c1. The monoisotopic (exact) mass is 385 g/mol. The molecule has 1 unspecified atom stereocenters. The molecule has 0 radical (unpaired) electrons. The van der Waals surface area contributed by atoms with Gasteiger partial charge in [0.25, 0.3) is 0 Å². The maximum Gasteiger partial charge on any atom is 0.225 e. The van der Waals surface area contributed by atoms with Crippen LogP contribution in [0.3, 0.4) is 0 Å². The fourth-order valence-corrected chi connectivity index (χ4v) is 3.93. The lowest BCUT2D eigenvalue weighted by atomic mass is 10.0. The number of ether oxygens (including phenoxy) is 1. The van der Waals surface area contributed by atoms with Crippen molar-refractivity contribution in [2.75, 3.05) is 50.8 Å². The van der Waals surface area contributed by atoms with Crippen LogP contribution in [0.5, 0.6) is 0 Å². The number of halogens is 1. The summed E-state index contributed by atoms with van der Waals surface area (Å²) in [5.74, 6) is 0.633. The molecule has 0 spiro atoms. The Hall–Kier alpha value is -2.09. The van der Waals surface area contributed by atoms with Gasteiger partial charge in [-0.15, -0.1) is 0 Å². The van der Waals surface area contributed by atoms with Crippen LogP contribution >= 0.6 is 0 Å². The maximum atomic E-state index is 13.8. The van der Waals surface area contributed by atoms with Crippen molar-refractivity contribution < 1.29 is 9.13 Å². The van der Waals surface area contributed by atoms with Gasteiger partial charge in [-0.1, -0.05) is 12.1 Å². The Labute approximate surface area is 165 Å². The van der Waals surface area contributed by atoms with Gasteiger partial charge in [0.05, 0.1) is 13.2 Å². The molecule has 2 aliphatic heterocycles. The number of nitrogens with one attached hydrogen (secondary N) is 1. The summed E-state index contributed by atoms with van der Waals surface area (Å²) in [5.41, 5.74) is 2.05. The highest BCUT2D eigenvalue weighted by Crippen LogP contribution is 2.22. The highest BCUT2D eigenvalue weighted by atomic mass is 19.1. The molecule has 1 aromatic carbocycles. The molecule has 0 aliphatic carbocycles. The molecule has 4 rings (SSSR count). The summed E-state index contributed by atoms with van der Waals surface area (Å²) in [5, 5.41) is 3.51. The van der Waals surface area contributed by atoms with E-state index in [2.05, 4.69) is 25.1 Å². The number of morpholine rings is 1. The van der Waals surface area contributed by atoms with Gasteiger partial charge in [0.15, 0.2) is 0 Å². The molecule has 7 heteroatoms. The number of nitrogens with zero attached hydrogens (tertiary/aromatic N) is 4. The van der Waals surface area contributed by atoms with Crippen LogP contribution < -0.4 is 10.2 Å². The molecule has 2 saturated heterocycles. The molecule has 2 aromatic rings. The van der Waals surface area contributed by atoms with Crippen molar-refractivity contribution in [2.45, 2.75) is 25.4 Å². The minimum atomic E-state index is -0.193. The average Bonchev–Trinajstić information content (AvgIpc) is 3.27. The van der Waals surface area contributed by atoms with Crippen LogP contribution in [0.25, 0.3) is 0 Å². The first-order chi connectivity index (χ1) is 13.8. The Morgan fingerprint density at radius 2 is 1.82 bits per heavy atom. The van der Waals surface area contributed by atoms with Gasteiger partial charge in [0.1, 0.15) is 5.82 Å². The van der Waals surface area contributed by atoms with Gasteiger partial charge in [-0.25, -0.2) is 14.4 Å². The fourth-order valence-electron chi connectivity index (χ4n) is 3.93. The molecule has 3 heterocycles. The van der Waals surface area contributed by atoms with Crippen LogP contribution in [0.4, 0.5) is 10.3 Å². The van der Waals surface area contributed by atoms with E-state index >= 15 is 0 Å². The predicted octanol–water partition coefficient (Wildman–Crippen LogP) is 2.38. The summed E-state index contributed by atoms with van der Waals surface area (Å²) in [7, 11) is 0. The van der Waals surface area contributed by atoms with Crippen molar-refractivity contribution in [3.05, 3.63) is 53.6 Å². The fraction of sp³-hybridized carbons (Fsp3) is 0.524. The van der Waals surface area contributed by atoms with Gasteiger partial charge >= 0.3 is 0 Å². The average molecular weight is 385 g/mol. The van der Waals surface area contributed by atoms with E-state index in [1.807, 2.05) is 18.5 Å². The molecular weight excluding hydrogens is 357 g/mol. The maximum absolute atomic E-state index is 13.8.